The monoisotopic (exact) mass is 141 g/mol. The van der Waals surface area contributed by atoms with Crippen LogP contribution in [0.2, 0.25) is 0 Å². The van der Waals surface area contributed by atoms with Crippen molar-refractivity contribution in [3.63, 3.8) is 0 Å². The van der Waals surface area contributed by atoms with Crippen molar-refractivity contribution in [2.75, 3.05) is 7.05 Å². The molecule has 5 heteroatoms. The normalized spacial score (nSPS) is 13.4. The fourth-order valence-corrected chi connectivity index (χ4v) is 0.645. The number of rotatable bonds is 3. The summed E-state index contributed by atoms with van der Waals surface area (Å²) in [6.07, 6.45) is 0.813. The number of hydrogen-bond acceptors (Lipinski definition) is 4. The van der Waals surface area contributed by atoms with E-state index in [1.807, 2.05) is 7.05 Å². The molecule has 0 radical (unpaired) electrons. The van der Waals surface area contributed by atoms with Gasteiger partial charge in [-0.05, 0) is 14.0 Å². The Morgan fingerprint density at radius 1 is 1.70 bits per heavy atom. The van der Waals surface area contributed by atoms with Crippen LogP contribution in [0.5, 0.6) is 0 Å². The molecular weight excluding hydrogens is 130 g/mol. The zero-order valence-corrected chi connectivity index (χ0v) is 6.13. The van der Waals surface area contributed by atoms with Gasteiger partial charge in [-0.2, -0.15) is 5.21 Å². The zero-order chi connectivity index (χ0) is 7.40. The van der Waals surface area contributed by atoms with E-state index in [1.165, 1.54) is 0 Å². The van der Waals surface area contributed by atoms with Crippen molar-refractivity contribution < 1.29 is 0 Å². The lowest BCUT2D eigenvalue weighted by Gasteiger charge is -2.04. The van der Waals surface area contributed by atoms with Crippen molar-refractivity contribution in [3.8, 4) is 0 Å². The Morgan fingerprint density at radius 2 is 2.50 bits per heavy atom. The highest BCUT2D eigenvalue weighted by molar-refractivity contribution is 4.80. The standard InChI is InChI=1S/C5H11N5/c1-4(6-2)3-5-7-9-10-8-5/h4,6H,3H2,1-2H3,(H,7,8,9,10). The average molecular weight is 141 g/mol. The van der Waals surface area contributed by atoms with E-state index in [4.69, 9.17) is 0 Å². The molecule has 0 amide bonds. The predicted octanol–water partition coefficient (Wildman–Crippen LogP) is -0.650. The molecule has 1 heterocycles. The Bertz CT molecular complexity index is 170. The van der Waals surface area contributed by atoms with Crippen molar-refractivity contribution >= 4 is 0 Å². The summed E-state index contributed by atoms with van der Waals surface area (Å²) >= 11 is 0. The molecule has 5 nitrogen and oxygen atoms in total. The summed E-state index contributed by atoms with van der Waals surface area (Å²) in [7, 11) is 1.91. The Hall–Kier alpha value is -0.970. The number of likely N-dealkylation sites (N-methyl/N-ethyl adjacent to an activating group) is 1. The van der Waals surface area contributed by atoms with Crippen molar-refractivity contribution in [2.24, 2.45) is 0 Å². The molecule has 1 unspecified atom stereocenters. The second-order valence-corrected chi connectivity index (χ2v) is 2.22. The van der Waals surface area contributed by atoms with Gasteiger partial charge in [0.2, 0.25) is 0 Å². The van der Waals surface area contributed by atoms with Gasteiger partial charge in [-0.15, -0.1) is 10.2 Å². The molecular formula is C5H11N5. The molecule has 1 aromatic heterocycles. The first kappa shape index (κ1) is 7.14. The first-order chi connectivity index (χ1) is 4.83. The van der Waals surface area contributed by atoms with Crippen LogP contribution in [0.15, 0.2) is 0 Å². The zero-order valence-electron chi connectivity index (χ0n) is 6.13. The third-order valence-corrected chi connectivity index (χ3v) is 1.37. The quantitative estimate of drug-likeness (QED) is 0.587. The minimum absolute atomic E-state index is 0.401. The molecule has 0 aliphatic carbocycles. The second kappa shape index (κ2) is 3.26. The maximum Gasteiger partial charge on any atom is 0.176 e. The summed E-state index contributed by atoms with van der Waals surface area (Å²) in [6, 6.07) is 0.401. The average Bonchev–Trinajstić information content (AvgIpc) is 2.40. The molecule has 0 bridgehead atoms. The van der Waals surface area contributed by atoms with Crippen LogP contribution in [0.1, 0.15) is 12.7 Å². The number of aromatic amines is 1. The largest absolute Gasteiger partial charge is 0.317 e. The smallest absolute Gasteiger partial charge is 0.176 e. The molecule has 0 aliphatic rings. The fraction of sp³-hybridized carbons (Fsp3) is 0.800. The maximum absolute atomic E-state index is 3.82. The van der Waals surface area contributed by atoms with Crippen LogP contribution in [0.25, 0.3) is 0 Å². The second-order valence-electron chi connectivity index (χ2n) is 2.22. The highest BCUT2D eigenvalue weighted by Crippen LogP contribution is 1.90. The van der Waals surface area contributed by atoms with Crippen LogP contribution in [0.3, 0.4) is 0 Å². The van der Waals surface area contributed by atoms with Gasteiger partial charge in [-0.1, -0.05) is 5.21 Å². The molecule has 1 aromatic rings. The van der Waals surface area contributed by atoms with Crippen LogP contribution in [-0.2, 0) is 6.42 Å². The Morgan fingerprint density at radius 3 is 3.00 bits per heavy atom. The molecule has 0 aliphatic heterocycles. The van der Waals surface area contributed by atoms with Gasteiger partial charge in [0.25, 0.3) is 0 Å². The Balaban J connectivity index is 2.40. The predicted molar refractivity (Wildman–Crippen MR) is 36.4 cm³/mol. The van der Waals surface area contributed by atoms with Crippen molar-refractivity contribution in [1.29, 1.82) is 0 Å². The first-order valence-electron chi connectivity index (χ1n) is 3.22. The summed E-state index contributed by atoms with van der Waals surface area (Å²) in [5.41, 5.74) is 0. The van der Waals surface area contributed by atoms with Gasteiger partial charge in [0.15, 0.2) is 5.82 Å². The SMILES string of the molecule is CNC(C)Cc1nn[nH]n1. The van der Waals surface area contributed by atoms with Crippen molar-refractivity contribution in [1.82, 2.24) is 25.9 Å². The summed E-state index contributed by atoms with van der Waals surface area (Å²) < 4.78 is 0. The van der Waals surface area contributed by atoms with Crippen molar-refractivity contribution in [3.05, 3.63) is 5.82 Å². The lowest BCUT2D eigenvalue weighted by molar-refractivity contribution is 0.591. The third kappa shape index (κ3) is 1.77. The molecule has 1 atom stereocenters. The Kier molecular flexibility index (Phi) is 2.33. The molecule has 56 valence electrons. The molecule has 2 N–H and O–H groups in total. The number of H-pyrrole nitrogens is 1. The lowest BCUT2D eigenvalue weighted by Crippen LogP contribution is -2.24. The minimum atomic E-state index is 0.401. The van der Waals surface area contributed by atoms with Gasteiger partial charge in [0, 0.05) is 12.5 Å². The van der Waals surface area contributed by atoms with Gasteiger partial charge < -0.3 is 5.32 Å². The van der Waals surface area contributed by atoms with E-state index in [-0.39, 0.29) is 0 Å². The molecule has 0 saturated carbocycles. The van der Waals surface area contributed by atoms with Gasteiger partial charge in [0.05, 0.1) is 0 Å². The number of nitrogens with one attached hydrogen (secondary N) is 2. The maximum atomic E-state index is 3.82. The van der Waals surface area contributed by atoms with Gasteiger partial charge in [0.1, 0.15) is 0 Å². The van der Waals surface area contributed by atoms with Crippen molar-refractivity contribution in [2.45, 2.75) is 19.4 Å². The van der Waals surface area contributed by atoms with E-state index in [9.17, 15) is 0 Å². The minimum Gasteiger partial charge on any atom is -0.317 e. The summed E-state index contributed by atoms with van der Waals surface area (Å²) in [5.74, 6) is 0.752. The van der Waals surface area contributed by atoms with E-state index >= 15 is 0 Å². The topological polar surface area (TPSA) is 66.5 Å². The molecule has 10 heavy (non-hydrogen) atoms. The number of nitrogens with zero attached hydrogens (tertiary/aromatic N) is 3. The van der Waals surface area contributed by atoms with E-state index < -0.39 is 0 Å². The first-order valence-corrected chi connectivity index (χ1v) is 3.22. The number of aromatic nitrogens is 4. The van der Waals surface area contributed by atoms with Crippen LogP contribution >= 0.6 is 0 Å². The highest BCUT2D eigenvalue weighted by atomic mass is 15.5. The van der Waals surface area contributed by atoms with Crippen LogP contribution in [0.4, 0.5) is 0 Å². The van der Waals surface area contributed by atoms with E-state index in [0.717, 1.165) is 12.2 Å². The summed E-state index contributed by atoms with van der Waals surface area (Å²) in [6.45, 7) is 2.07. The Labute approximate surface area is 59.2 Å². The lowest BCUT2D eigenvalue weighted by atomic mass is 10.2. The molecule has 1 rings (SSSR count). The van der Waals surface area contributed by atoms with Gasteiger partial charge in [-0.25, -0.2) is 0 Å². The number of tetrazole rings is 1. The fourth-order valence-electron chi connectivity index (χ4n) is 0.645. The highest BCUT2D eigenvalue weighted by Gasteiger charge is 2.02. The molecule has 0 spiro atoms. The van der Waals surface area contributed by atoms with Crippen LogP contribution in [-0.4, -0.2) is 33.7 Å². The van der Waals surface area contributed by atoms with Crippen LogP contribution in [0, 0.1) is 0 Å². The van der Waals surface area contributed by atoms with E-state index in [0.29, 0.717) is 6.04 Å². The molecule has 0 fully saturated rings. The molecule has 0 aromatic carbocycles. The van der Waals surface area contributed by atoms with E-state index in [2.05, 4.69) is 32.9 Å². The third-order valence-electron chi connectivity index (χ3n) is 1.37. The number of hydrogen-bond donors (Lipinski definition) is 2. The van der Waals surface area contributed by atoms with E-state index in [1.54, 1.807) is 0 Å². The molecule has 0 saturated heterocycles. The summed E-state index contributed by atoms with van der Waals surface area (Å²) in [4.78, 5) is 0. The van der Waals surface area contributed by atoms with Gasteiger partial charge in [-0.3, -0.25) is 0 Å². The van der Waals surface area contributed by atoms with Crippen LogP contribution < -0.4 is 5.32 Å². The summed E-state index contributed by atoms with van der Waals surface area (Å²) in [5, 5.41) is 16.6. The van der Waals surface area contributed by atoms with Gasteiger partial charge >= 0.3 is 0 Å².